The van der Waals surface area contributed by atoms with Gasteiger partial charge in [0.2, 0.25) is 5.95 Å². The molecule has 3 aromatic carbocycles. The van der Waals surface area contributed by atoms with Crippen LogP contribution in [0.1, 0.15) is 35.2 Å². The van der Waals surface area contributed by atoms with Gasteiger partial charge in [-0.2, -0.15) is 0 Å². The lowest BCUT2D eigenvalue weighted by atomic mass is 9.97. The van der Waals surface area contributed by atoms with E-state index in [-0.39, 0.29) is 6.04 Å². The van der Waals surface area contributed by atoms with Gasteiger partial charge in [0.1, 0.15) is 0 Å². The Labute approximate surface area is 165 Å². The van der Waals surface area contributed by atoms with E-state index in [0.717, 1.165) is 29.1 Å². The van der Waals surface area contributed by atoms with E-state index in [1.54, 1.807) is 0 Å². The van der Waals surface area contributed by atoms with Crippen LogP contribution >= 0.6 is 0 Å². The molecule has 0 aliphatic carbocycles. The van der Waals surface area contributed by atoms with Crippen molar-refractivity contribution in [3.05, 3.63) is 101 Å². The van der Waals surface area contributed by atoms with Crippen molar-refractivity contribution < 1.29 is 0 Å². The third-order valence-electron chi connectivity index (χ3n) is 5.63. The summed E-state index contributed by atoms with van der Waals surface area (Å²) < 4.78 is 2.31. The minimum Gasteiger partial charge on any atom is -0.325 e. The van der Waals surface area contributed by atoms with Crippen molar-refractivity contribution in [2.24, 2.45) is 0 Å². The Balaban J connectivity index is 1.70. The fourth-order valence-electron chi connectivity index (χ4n) is 4.04. The summed E-state index contributed by atoms with van der Waals surface area (Å²) in [5.74, 6) is 0.895. The molecule has 138 valence electrons. The number of anilines is 1. The standard InChI is InChI=1S/C25H23N3/c1-3-18-12-14-19(15-13-18)22-16-24(20-9-5-4-8-17(20)2)28-23-11-7-6-10-21(23)26-25(28)27-22/h4-16,24H,3H2,1-2H3,(H,26,27)/t24-/m1/s1. The van der Waals surface area contributed by atoms with Gasteiger partial charge in [0.15, 0.2) is 0 Å². The summed E-state index contributed by atoms with van der Waals surface area (Å²) in [6.07, 6.45) is 3.37. The van der Waals surface area contributed by atoms with Crippen LogP contribution < -0.4 is 5.32 Å². The first-order valence-electron chi connectivity index (χ1n) is 9.85. The number of nitrogens with zero attached hydrogens (tertiary/aromatic N) is 2. The normalized spacial score (nSPS) is 15.8. The van der Waals surface area contributed by atoms with E-state index in [4.69, 9.17) is 4.98 Å². The number of nitrogens with one attached hydrogen (secondary N) is 1. The summed E-state index contributed by atoms with van der Waals surface area (Å²) >= 11 is 0. The summed E-state index contributed by atoms with van der Waals surface area (Å²) in [6.45, 7) is 4.36. The van der Waals surface area contributed by atoms with Gasteiger partial charge in [-0.05, 0) is 53.8 Å². The molecule has 1 N–H and O–H groups in total. The maximum atomic E-state index is 4.88. The van der Waals surface area contributed by atoms with Gasteiger partial charge in [-0.15, -0.1) is 0 Å². The van der Waals surface area contributed by atoms with E-state index in [2.05, 4.69) is 96.5 Å². The highest BCUT2D eigenvalue weighted by molar-refractivity contribution is 5.85. The zero-order chi connectivity index (χ0) is 19.1. The molecule has 0 saturated carbocycles. The molecule has 28 heavy (non-hydrogen) atoms. The number of para-hydroxylation sites is 2. The average Bonchev–Trinajstić information content (AvgIpc) is 3.12. The summed E-state index contributed by atoms with van der Waals surface area (Å²) in [5, 5.41) is 3.57. The van der Waals surface area contributed by atoms with Gasteiger partial charge in [-0.1, -0.05) is 67.6 Å². The van der Waals surface area contributed by atoms with Crippen LogP contribution in [0, 0.1) is 6.92 Å². The van der Waals surface area contributed by atoms with Crippen molar-refractivity contribution in [1.82, 2.24) is 9.55 Å². The molecule has 3 heteroatoms. The second-order valence-corrected chi connectivity index (χ2v) is 7.35. The Morgan fingerprint density at radius 2 is 1.68 bits per heavy atom. The number of hydrogen-bond donors (Lipinski definition) is 1. The van der Waals surface area contributed by atoms with E-state index < -0.39 is 0 Å². The van der Waals surface area contributed by atoms with Crippen molar-refractivity contribution in [2.75, 3.05) is 5.32 Å². The number of aromatic nitrogens is 2. The summed E-state index contributed by atoms with van der Waals surface area (Å²) in [7, 11) is 0. The Kier molecular flexibility index (Phi) is 4.01. The highest BCUT2D eigenvalue weighted by atomic mass is 15.2. The number of hydrogen-bond acceptors (Lipinski definition) is 2. The van der Waals surface area contributed by atoms with Crippen LogP contribution in [-0.2, 0) is 6.42 Å². The molecule has 3 nitrogen and oxygen atoms in total. The fourth-order valence-corrected chi connectivity index (χ4v) is 4.04. The molecule has 0 saturated heterocycles. The molecule has 0 amide bonds. The molecule has 2 heterocycles. The number of fused-ring (bicyclic) bond motifs is 3. The van der Waals surface area contributed by atoms with Crippen molar-refractivity contribution in [3.63, 3.8) is 0 Å². The van der Waals surface area contributed by atoms with E-state index >= 15 is 0 Å². The SMILES string of the molecule is CCc1ccc(C2=C[C@H](c3ccccc3C)n3c(nc4ccccc43)N2)cc1. The van der Waals surface area contributed by atoms with Gasteiger partial charge in [-0.3, -0.25) is 4.57 Å². The van der Waals surface area contributed by atoms with Gasteiger partial charge < -0.3 is 5.32 Å². The van der Waals surface area contributed by atoms with Crippen LogP contribution in [0.15, 0.2) is 78.9 Å². The molecule has 1 aliphatic rings. The summed E-state index contributed by atoms with van der Waals surface area (Å²) in [4.78, 5) is 4.88. The molecule has 5 rings (SSSR count). The van der Waals surface area contributed by atoms with Gasteiger partial charge in [0.05, 0.1) is 17.1 Å². The summed E-state index contributed by atoms with van der Waals surface area (Å²) in [5.41, 5.74) is 8.40. The Hall–Kier alpha value is -3.33. The maximum Gasteiger partial charge on any atom is 0.209 e. The lowest BCUT2D eigenvalue weighted by molar-refractivity contribution is 0.716. The van der Waals surface area contributed by atoms with Crippen LogP contribution in [0.3, 0.4) is 0 Å². The number of allylic oxidation sites excluding steroid dienone is 1. The molecule has 1 atom stereocenters. The van der Waals surface area contributed by atoms with Crippen LogP contribution in [0.4, 0.5) is 5.95 Å². The first-order valence-corrected chi connectivity index (χ1v) is 9.85. The lowest BCUT2D eigenvalue weighted by Crippen LogP contribution is -2.19. The summed E-state index contributed by atoms with van der Waals surface area (Å²) in [6, 6.07) is 25.9. The number of aryl methyl sites for hydroxylation is 2. The number of rotatable bonds is 3. The molecule has 0 radical (unpaired) electrons. The van der Waals surface area contributed by atoms with Gasteiger partial charge >= 0.3 is 0 Å². The minimum atomic E-state index is 0.103. The molecular weight excluding hydrogens is 342 g/mol. The van der Waals surface area contributed by atoms with E-state index in [9.17, 15) is 0 Å². The average molecular weight is 365 g/mol. The Morgan fingerprint density at radius 3 is 2.46 bits per heavy atom. The van der Waals surface area contributed by atoms with E-state index in [0.29, 0.717) is 0 Å². The first kappa shape index (κ1) is 16.8. The fraction of sp³-hybridized carbons (Fsp3) is 0.160. The topological polar surface area (TPSA) is 29.9 Å². The van der Waals surface area contributed by atoms with Crippen molar-refractivity contribution in [3.8, 4) is 0 Å². The van der Waals surface area contributed by atoms with Gasteiger partial charge in [0, 0.05) is 5.70 Å². The Bertz CT molecular complexity index is 1180. The predicted molar refractivity (Wildman–Crippen MR) is 116 cm³/mol. The largest absolute Gasteiger partial charge is 0.325 e. The molecule has 0 bridgehead atoms. The highest BCUT2D eigenvalue weighted by Crippen LogP contribution is 2.37. The Morgan fingerprint density at radius 1 is 0.929 bits per heavy atom. The van der Waals surface area contributed by atoms with Crippen LogP contribution in [0.2, 0.25) is 0 Å². The number of benzene rings is 3. The van der Waals surface area contributed by atoms with E-state index in [1.807, 2.05) is 6.07 Å². The predicted octanol–water partition coefficient (Wildman–Crippen LogP) is 5.96. The maximum absolute atomic E-state index is 4.88. The van der Waals surface area contributed by atoms with Crippen LogP contribution in [0.25, 0.3) is 16.7 Å². The van der Waals surface area contributed by atoms with E-state index in [1.165, 1.54) is 22.3 Å². The first-order chi connectivity index (χ1) is 13.7. The third-order valence-corrected chi connectivity index (χ3v) is 5.63. The zero-order valence-electron chi connectivity index (χ0n) is 16.2. The quantitative estimate of drug-likeness (QED) is 0.485. The second kappa shape index (κ2) is 6.68. The molecule has 1 aliphatic heterocycles. The third kappa shape index (κ3) is 2.71. The monoisotopic (exact) mass is 365 g/mol. The molecule has 0 unspecified atom stereocenters. The second-order valence-electron chi connectivity index (χ2n) is 7.35. The molecule has 1 aromatic heterocycles. The molecule has 0 fully saturated rings. The lowest BCUT2D eigenvalue weighted by Gasteiger charge is -2.27. The van der Waals surface area contributed by atoms with Crippen LogP contribution in [-0.4, -0.2) is 9.55 Å². The van der Waals surface area contributed by atoms with Crippen molar-refractivity contribution in [2.45, 2.75) is 26.3 Å². The highest BCUT2D eigenvalue weighted by Gasteiger charge is 2.26. The van der Waals surface area contributed by atoms with Gasteiger partial charge in [-0.25, -0.2) is 4.98 Å². The van der Waals surface area contributed by atoms with Crippen molar-refractivity contribution in [1.29, 1.82) is 0 Å². The van der Waals surface area contributed by atoms with Gasteiger partial charge in [0.25, 0.3) is 0 Å². The molecular formula is C25H23N3. The zero-order valence-corrected chi connectivity index (χ0v) is 16.2. The smallest absolute Gasteiger partial charge is 0.209 e. The molecule has 0 spiro atoms. The van der Waals surface area contributed by atoms with Crippen LogP contribution in [0.5, 0.6) is 0 Å². The minimum absolute atomic E-state index is 0.103. The van der Waals surface area contributed by atoms with Crippen molar-refractivity contribution >= 4 is 22.7 Å². The molecule has 4 aromatic rings. The number of imidazole rings is 1.